The molecule has 2 aromatic carbocycles. The minimum absolute atomic E-state index is 0.0393. The minimum Gasteiger partial charge on any atom is -0.508 e. The number of fused-ring (bicyclic) bond motifs is 1. The van der Waals surface area contributed by atoms with Gasteiger partial charge in [0.15, 0.2) is 5.78 Å². The number of methoxy groups -OCH3 is 1. The molecule has 4 N–H and O–H groups in total. The fourth-order valence-electron chi connectivity index (χ4n) is 3.80. The SMILES string of the molecule is COC(C)(C)C(O)CC/C(C)=C/Cc1c(O)cc2c(c1O)C(=O)C[C@@H](c1ccc(O)cc1)O2. The predicted octanol–water partition coefficient (Wildman–Crippen LogP) is 4.56. The lowest BCUT2D eigenvalue weighted by atomic mass is 9.92. The summed E-state index contributed by atoms with van der Waals surface area (Å²) in [7, 11) is 1.56. The molecule has 3 rings (SSSR count). The van der Waals surface area contributed by atoms with E-state index in [1.807, 2.05) is 26.8 Å². The first-order valence-electron chi connectivity index (χ1n) is 11.0. The molecule has 1 aliphatic heterocycles. The lowest BCUT2D eigenvalue weighted by Gasteiger charge is -2.29. The van der Waals surface area contributed by atoms with E-state index in [1.54, 1.807) is 19.2 Å². The Labute approximate surface area is 193 Å². The molecule has 0 amide bonds. The van der Waals surface area contributed by atoms with Crippen LogP contribution in [0.25, 0.3) is 0 Å². The number of allylic oxidation sites excluding steroid dienone is 2. The summed E-state index contributed by atoms with van der Waals surface area (Å²) in [6.45, 7) is 5.56. The van der Waals surface area contributed by atoms with E-state index in [2.05, 4.69) is 0 Å². The number of hydrogen-bond donors (Lipinski definition) is 4. The van der Waals surface area contributed by atoms with Crippen molar-refractivity contribution in [3.8, 4) is 23.0 Å². The molecule has 0 radical (unpaired) electrons. The second kappa shape index (κ2) is 9.85. The molecule has 2 aromatic rings. The van der Waals surface area contributed by atoms with Gasteiger partial charge < -0.3 is 29.9 Å². The summed E-state index contributed by atoms with van der Waals surface area (Å²) in [6, 6.07) is 7.74. The molecule has 0 aliphatic carbocycles. The summed E-state index contributed by atoms with van der Waals surface area (Å²) in [5.41, 5.74) is 1.37. The van der Waals surface area contributed by atoms with Gasteiger partial charge in [-0.3, -0.25) is 4.79 Å². The third-order valence-corrected chi connectivity index (χ3v) is 6.33. The van der Waals surface area contributed by atoms with Crippen LogP contribution in [-0.4, -0.2) is 45.0 Å². The lowest BCUT2D eigenvalue weighted by Crippen LogP contribution is -2.37. The molecule has 1 aliphatic rings. The normalized spacial score (nSPS) is 17.4. The number of carbonyl (C=O) groups excluding carboxylic acids is 1. The Morgan fingerprint density at radius 2 is 1.91 bits per heavy atom. The van der Waals surface area contributed by atoms with Gasteiger partial charge in [-0.1, -0.05) is 23.8 Å². The molecule has 0 saturated carbocycles. The van der Waals surface area contributed by atoms with Crippen molar-refractivity contribution in [2.24, 2.45) is 0 Å². The van der Waals surface area contributed by atoms with Crippen molar-refractivity contribution in [3.63, 3.8) is 0 Å². The summed E-state index contributed by atoms with van der Waals surface area (Å²) < 4.78 is 11.2. The van der Waals surface area contributed by atoms with Gasteiger partial charge >= 0.3 is 0 Å². The number of ether oxygens (including phenoxy) is 2. The van der Waals surface area contributed by atoms with Gasteiger partial charge in [0, 0.05) is 18.7 Å². The second-order valence-corrected chi connectivity index (χ2v) is 9.04. The highest BCUT2D eigenvalue weighted by atomic mass is 16.5. The summed E-state index contributed by atoms with van der Waals surface area (Å²) >= 11 is 0. The first kappa shape index (κ1) is 24.6. The molecule has 178 valence electrons. The minimum atomic E-state index is -0.645. The number of benzene rings is 2. The van der Waals surface area contributed by atoms with Gasteiger partial charge in [0.1, 0.15) is 34.7 Å². The Hall–Kier alpha value is -3.03. The van der Waals surface area contributed by atoms with E-state index < -0.39 is 17.8 Å². The van der Waals surface area contributed by atoms with Gasteiger partial charge in [-0.15, -0.1) is 0 Å². The number of rotatable bonds is 8. The Bertz CT molecular complexity index is 1040. The molecular weight excluding hydrogens is 424 g/mol. The summed E-state index contributed by atoms with van der Waals surface area (Å²) in [5, 5.41) is 41.0. The number of phenols is 3. The van der Waals surface area contributed by atoms with Crippen LogP contribution in [0.3, 0.4) is 0 Å². The maximum absolute atomic E-state index is 12.8. The third kappa shape index (κ3) is 5.49. The van der Waals surface area contributed by atoms with Crippen molar-refractivity contribution in [2.45, 2.75) is 64.3 Å². The fourth-order valence-corrected chi connectivity index (χ4v) is 3.80. The van der Waals surface area contributed by atoms with Crippen LogP contribution in [0.2, 0.25) is 0 Å². The van der Waals surface area contributed by atoms with Gasteiger partial charge in [-0.25, -0.2) is 0 Å². The number of aliphatic hydroxyl groups excluding tert-OH is 1. The van der Waals surface area contributed by atoms with E-state index in [0.29, 0.717) is 18.4 Å². The van der Waals surface area contributed by atoms with Crippen LogP contribution in [-0.2, 0) is 11.2 Å². The molecule has 2 atom stereocenters. The van der Waals surface area contributed by atoms with Gasteiger partial charge in [0.05, 0.1) is 18.1 Å². The van der Waals surface area contributed by atoms with E-state index in [0.717, 1.165) is 5.57 Å². The number of hydrogen-bond acceptors (Lipinski definition) is 7. The smallest absolute Gasteiger partial charge is 0.174 e. The van der Waals surface area contributed by atoms with E-state index in [-0.39, 0.29) is 52.7 Å². The maximum atomic E-state index is 12.8. The number of carbonyl (C=O) groups is 1. The highest BCUT2D eigenvalue weighted by Gasteiger charge is 2.32. The molecule has 0 bridgehead atoms. The number of ketones is 1. The summed E-state index contributed by atoms with van der Waals surface area (Å²) in [6.07, 6.45) is 2.06. The molecule has 7 heteroatoms. The van der Waals surface area contributed by atoms with E-state index in [4.69, 9.17) is 9.47 Å². The Morgan fingerprint density at radius 1 is 1.24 bits per heavy atom. The van der Waals surface area contributed by atoms with Gasteiger partial charge in [-0.05, 0) is 57.7 Å². The van der Waals surface area contributed by atoms with Gasteiger partial charge in [-0.2, -0.15) is 0 Å². The molecule has 1 unspecified atom stereocenters. The average molecular weight is 457 g/mol. The van der Waals surface area contributed by atoms with Crippen LogP contribution >= 0.6 is 0 Å². The van der Waals surface area contributed by atoms with Crippen molar-refractivity contribution in [2.75, 3.05) is 7.11 Å². The maximum Gasteiger partial charge on any atom is 0.174 e. The molecule has 0 saturated heterocycles. The van der Waals surface area contributed by atoms with Gasteiger partial charge in [0.25, 0.3) is 0 Å². The van der Waals surface area contributed by atoms with E-state index in [9.17, 15) is 25.2 Å². The number of Topliss-reactive ketones (excluding diaryl/α,β-unsaturated/α-hetero) is 1. The molecule has 33 heavy (non-hydrogen) atoms. The first-order valence-corrected chi connectivity index (χ1v) is 11.0. The van der Waals surface area contributed by atoms with Crippen LogP contribution in [0.4, 0.5) is 0 Å². The summed E-state index contributed by atoms with van der Waals surface area (Å²) in [4.78, 5) is 12.8. The molecule has 0 aromatic heterocycles. The average Bonchev–Trinajstić information content (AvgIpc) is 2.77. The highest BCUT2D eigenvalue weighted by Crippen LogP contribution is 2.44. The van der Waals surface area contributed by atoms with Crippen molar-refractivity contribution in [3.05, 3.63) is 58.7 Å². The largest absolute Gasteiger partial charge is 0.508 e. The molecule has 0 fully saturated rings. The Morgan fingerprint density at radius 3 is 2.55 bits per heavy atom. The lowest BCUT2D eigenvalue weighted by molar-refractivity contribution is -0.0797. The molecular formula is C26H32O7. The summed E-state index contributed by atoms with van der Waals surface area (Å²) in [5.74, 6) is -0.465. The van der Waals surface area contributed by atoms with Gasteiger partial charge in [0.2, 0.25) is 0 Å². The van der Waals surface area contributed by atoms with E-state index in [1.165, 1.54) is 18.2 Å². The second-order valence-electron chi connectivity index (χ2n) is 9.04. The van der Waals surface area contributed by atoms with Crippen molar-refractivity contribution >= 4 is 5.78 Å². The molecule has 1 heterocycles. The van der Waals surface area contributed by atoms with Crippen LogP contribution < -0.4 is 4.74 Å². The standard InChI is InChI=1S/C26H32O7/c1-15(6-12-23(30)26(2,3)32-4)5-11-18-19(28)13-22-24(25(18)31)20(29)14-21(33-22)16-7-9-17(27)10-8-16/h5,7-10,13,21,23,27-28,30-31H,6,11-12,14H2,1-4H3/b15-5+/t21-,23?/m0/s1. The van der Waals surface area contributed by atoms with Crippen LogP contribution in [0, 0.1) is 0 Å². The molecule has 0 spiro atoms. The topological polar surface area (TPSA) is 116 Å². The number of aromatic hydroxyl groups is 3. The molecule has 7 nitrogen and oxygen atoms in total. The van der Waals surface area contributed by atoms with E-state index >= 15 is 0 Å². The first-order chi connectivity index (χ1) is 15.5. The van der Waals surface area contributed by atoms with Crippen molar-refractivity contribution in [1.82, 2.24) is 0 Å². The Kier molecular flexibility index (Phi) is 7.34. The zero-order valence-corrected chi connectivity index (χ0v) is 19.5. The number of phenolic OH excluding ortho intramolecular Hbond substituents is 3. The van der Waals surface area contributed by atoms with Crippen molar-refractivity contribution in [1.29, 1.82) is 0 Å². The number of aliphatic hydroxyl groups is 1. The third-order valence-electron chi connectivity index (χ3n) is 6.33. The van der Waals surface area contributed by atoms with Crippen LogP contribution in [0.1, 0.15) is 67.6 Å². The quantitative estimate of drug-likeness (QED) is 0.430. The Balaban J connectivity index is 1.76. The van der Waals surface area contributed by atoms with Crippen LogP contribution in [0.5, 0.6) is 23.0 Å². The predicted molar refractivity (Wildman–Crippen MR) is 124 cm³/mol. The zero-order chi connectivity index (χ0) is 24.3. The zero-order valence-electron chi connectivity index (χ0n) is 19.5. The van der Waals surface area contributed by atoms with Crippen molar-refractivity contribution < 1.29 is 34.7 Å². The monoisotopic (exact) mass is 456 g/mol. The van der Waals surface area contributed by atoms with Crippen LogP contribution in [0.15, 0.2) is 42.0 Å². The highest BCUT2D eigenvalue weighted by molar-refractivity contribution is 6.03. The fraction of sp³-hybridized carbons (Fsp3) is 0.423.